The SMILES string of the molecule is CCO[C@H](C)C(=O)NCc1cccs1. The van der Waals surface area contributed by atoms with Gasteiger partial charge in [0.15, 0.2) is 0 Å². The molecule has 3 nitrogen and oxygen atoms in total. The van der Waals surface area contributed by atoms with E-state index in [-0.39, 0.29) is 12.0 Å². The summed E-state index contributed by atoms with van der Waals surface area (Å²) >= 11 is 1.63. The normalized spacial score (nSPS) is 12.4. The maximum atomic E-state index is 11.4. The van der Waals surface area contributed by atoms with E-state index in [2.05, 4.69) is 5.32 Å². The molecular weight excluding hydrogens is 198 g/mol. The van der Waals surface area contributed by atoms with Gasteiger partial charge in [0.1, 0.15) is 6.10 Å². The van der Waals surface area contributed by atoms with Gasteiger partial charge in [-0.15, -0.1) is 11.3 Å². The summed E-state index contributed by atoms with van der Waals surface area (Å²) < 4.78 is 5.16. The minimum atomic E-state index is -0.361. The van der Waals surface area contributed by atoms with E-state index in [1.807, 2.05) is 24.4 Å². The van der Waals surface area contributed by atoms with Crippen LogP contribution in [0, 0.1) is 0 Å². The van der Waals surface area contributed by atoms with Crippen molar-refractivity contribution in [3.63, 3.8) is 0 Å². The lowest BCUT2D eigenvalue weighted by Crippen LogP contribution is -2.33. The summed E-state index contributed by atoms with van der Waals surface area (Å²) in [6, 6.07) is 3.97. The molecular formula is C10H15NO2S. The molecule has 0 aliphatic heterocycles. The van der Waals surface area contributed by atoms with Gasteiger partial charge in [0.2, 0.25) is 5.91 Å². The number of hydrogen-bond donors (Lipinski definition) is 1. The number of nitrogens with one attached hydrogen (secondary N) is 1. The summed E-state index contributed by atoms with van der Waals surface area (Å²) in [5.74, 6) is -0.0553. The lowest BCUT2D eigenvalue weighted by molar-refractivity contribution is -0.131. The van der Waals surface area contributed by atoms with Crippen LogP contribution >= 0.6 is 11.3 Å². The Morgan fingerprint density at radius 1 is 1.71 bits per heavy atom. The molecule has 1 rings (SSSR count). The van der Waals surface area contributed by atoms with Gasteiger partial charge in [-0.2, -0.15) is 0 Å². The largest absolute Gasteiger partial charge is 0.369 e. The van der Waals surface area contributed by atoms with Gasteiger partial charge in [-0.25, -0.2) is 0 Å². The lowest BCUT2D eigenvalue weighted by Gasteiger charge is -2.11. The van der Waals surface area contributed by atoms with Crippen LogP contribution in [0.3, 0.4) is 0 Å². The van der Waals surface area contributed by atoms with E-state index in [4.69, 9.17) is 4.74 Å². The first-order chi connectivity index (χ1) is 6.74. The molecule has 0 unspecified atom stereocenters. The van der Waals surface area contributed by atoms with E-state index in [9.17, 15) is 4.79 Å². The Labute approximate surface area is 88.1 Å². The summed E-state index contributed by atoms with van der Waals surface area (Å²) in [7, 11) is 0. The average molecular weight is 213 g/mol. The molecule has 0 aliphatic rings. The number of hydrogen-bond acceptors (Lipinski definition) is 3. The van der Waals surface area contributed by atoms with Crippen molar-refractivity contribution in [3.05, 3.63) is 22.4 Å². The second-order valence-electron chi connectivity index (χ2n) is 2.89. The quantitative estimate of drug-likeness (QED) is 0.809. The topological polar surface area (TPSA) is 38.3 Å². The zero-order valence-corrected chi connectivity index (χ0v) is 9.26. The summed E-state index contributed by atoms with van der Waals surface area (Å²) in [5, 5.41) is 4.81. The molecule has 1 aromatic heterocycles. The Kier molecular flexibility index (Phi) is 4.62. The Balaban J connectivity index is 2.27. The van der Waals surface area contributed by atoms with Gasteiger partial charge >= 0.3 is 0 Å². The zero-order valence-electron chi connectivity index (χ0n) is 8.45. The van der Waals surface area contributed by atoms with E-state index >= 15 is 0 Å². The predicted octanol–water partition coefficient (Wildman–Crippen LogP) is 1.79. The Morgan fingerprint density at radius 2 is 2.50 bits per heavy atom. The van der Waals surface area contributed by atoms with Crippen LogP contribution in [0.15, 0.2) is 17.5 Å². The molecule has 0 saturated carbocycles. The van der Waals surface area contributed by atoms with Gasteiger partial charge in [0.05, 0.1) is 6.54 Å². The number of carbonyl (C=O) groups is 1. The number of ether oxygens (including phenoxy) is 1. The Morgan fingerprint density at radius 3 is 3.07 bits per heavy atom. The molecule has 1 atom stereocenters. The minimum absolute atomic E-state index is 0.0553. The first kappa shape index (κ1) is 11.2. The molecule has 1 heterocycles. The molecule has 0 saturated heterocycles. The fraction of sp³-hybridized carbons (Fsp3) is 0.500. The number of amides is 1. The molecule has 1 amide bonds. The van der Waals surface area contributed by atoms with E-state index in [0.29, 0.717) is 13.2 Å². The first-order valence-corrected chi connectivity index (χ1v) is 5.53. The number of rotatable bonds is 5. The van der Waals surface area contributed by atoms with Crippen molar-refractivity contribution >= 4 is 17.2 Å². The second kappa shape index (κ2) is 5.78. The average Bonchev–Trinajstić information content (AvgIpc) is 2.67. The van der Waals surface area contributed by atoms with Crippen molar-refractivity contribution in [1.29, 1.82) is 0 Å². The van der Waals surface area contributed by atoms with E-state index in [0.717, 1.165) is 4.88 Å². The highest BCUT2D eigenvalue weighted by Gasteiger charge is 2.11. The van der Waals surface area contributed by atoms with E-state index in [1.54, 1.807) is 18.3 Å². The molecule has 0 radical (unpaired) electrons. The fourth-order valence-electron chi connectivity index (χ4n) is 1.06. The van der Waals surface area contributed by atoms with Crippen molar-refractivity contribution in [2.75, 3.05) is 6.61 Å². The van der Waals surface area contributed by atoms with Gasteiger partial charge < -0.3 is 10.1 Å². The molecule has 78 valence electrons. The van der Waals surface area contributed by atoms with Crippen molar-refractivity contribution in [1.82, 2.24) is 5.32 Å². The third-order valence-corrected chi connectivity index (χ3v) is 2.68. The van der Waals surface area contributed by atoms with Crippen LogP contribution in [0.2, 0.25) is 0 Å². The predicted molar refractivity (Wildman–Crippen MR) is 57.3 cm³/mol. The Hall–Kier alpha value is -0.870. The summed E-state index contributed by atoms with van der Waals surface area (Å²) in [6.45, 7) is 4.79. The minimum Gasteiger partial charge on any atom is -0.369 e. The number of thiophene rings is 1. The van der Waals surface area contributed by atoms with Gasteiger partial charge in [0, 0.05) is 11.5 Å². The van der Waals surface area contributed by atoms with Crippen LogP contribution in [-0.2, 0) is 16.1 Å². The van der Waals surface area contributed by atoms with Gasteiger partial charge in [-0.1, -0.05) is 6.07 Å². The third kappa shape index (κ3) is 3.47. The highest BCUT2D eigenvalue weighted by atomic mass is 32.1. The summed E-state index contributed by atoms with van der Waals surface area (Å²) in [6.07, 6.45) is -0.361. The molecule has 0 aromatic carbocycles. The van der Waals surface area contributed by atoms with E-state index < -0.39 is 0 Å². The molecule has 0 aliphatic carbocycles. The smallest absolute Gasteiger partial charge is 0.249 e. The molecule has 1 aromatic rings. The highest BCUT2D eigenvalue weighted by molar-refractivity contribution is 7.09. The van der Waals surface area contributed by atoms with Crippen molar-refractivity contribution in [3.8, 4) is 0 Å². The third-order valence-electron chi connectivity index (χ3n) is 1.80. The van der Waals surface area contributed by atoms with Crippen LogP contribution in [0.5, 0.6) is 0 Å². The molecule has 1 N–H and O–H groups in total. The lowest BCUT2D eigenvalue weighted by atomic mass is 10.3. The van der Waals surface area contributed by atoms with Crippen LogP contribution in [0.4, 0.5) is 0 Å². The highest BCUT2D eigenvalue weighted by Crippen LogP contribution is 2.07. The van der Waals surface area contributed by atoms with E-state index in [1.165, 1.54) is 0 Å². The monoisotopic (exact) mass is 213 g/mol. The summed E-state index contributed by atoms with van der Waals surface area (Å²) in [5.41, 5.74) is 0. The maximum Gasteiger partial charge on any atom is 0.249 e. The maximum absolute atomic E-state index is 11.4. The van der Waals surface area contributed by atoms with Crippen molar-refractivity contribution < 1.29 is 9.53 Å². The molecule has 0 spiro atoms. The van der Waals surface area contributed by atoms with Gasteiger partial charge in [-0.3, -0.25) is 4.79 Å². The van der Waals surface area contributed by atoms with Crippen molar-refractivity contribution in [2.45, 2.75) is 26.5 Å². The Bertz CT molecular complexity index is 272. The summed E-state index contributed by atoms with van der Waals surface area (Å²) in [4.78, 5) is 12.6. The van der Waals surface area contributed by atoms with Crippen LogP contribution < -0.4 is 5.32 Å². The fourth-order valence-corrected chi connectivity index (χ4v) is 1.70. The zero-order chi connectivity index (χ0) is 10.4. The number of carbonyl (C=O) groups excluding carboxylic acids is 1. The van der Waals surface area contributed by atoms with Crippen molar-refractivity contribution in [2.24, 2.45) is 0 Å². The standard InChI is InChI=1S/C10H15NO2S/c1-3-13-8(2)10(12)11-7-9-5-4-6-14-9/h4-6,8H,3,7H2,1-2H3,(H,11,12)/t8-/m1/s1. The first-order valence-electron chi connectivity index (χ1n) is 4.65. The molecule has 0 bridgehead atoms. The van der Waals surface area contributed by atoms with Crippen LogP contribution in [-0.4, -0.2) is 18.6 Å². The van der Waals surface area contributed by atoms with Gasteiger partial charge in [0.25, 0.3) is 0 Å². The second-order valence-corrected chi connectivity index (χ2v) is 3.93. The molecule has 4 heteroatoms. The van der Waals surface area contributed by atoms with Crippen LogP contribution in [0.25, 0.3) is 0 Å². The molecule has 0 fully saturated rings. The van der Waals surface area contributed by atoms with Crippen LogP contribution in [0.1, 0.15) is 18.7 Å². The molecule has 14 heavy (non-hydrogen) atoms. The van der Waals surface area contributed by atoms with Gasteiger partial charge in [-0.05, 0) is 25.3 Å².